The van der Waals surface area contributed by atoms with Gasteiger partial charge in [0.15, 0.2) is 0 Å². The molecule has 2 saturated heterocycles. The van der Waals surface area contributed by atoms with E-state index in [4.69, 9.17) is 0 Å². The Morgan fingerprint density at radius 1 is 1.50 bits per heavy atom. The Kier molecular flexibility index (Phi) is 4.06. The molecule has 0 aromatic carbocycles. The Morgan fingerprint density at radius 2 is 2.21 bits per heavy atom. The van der Waals surface area contributed by atoms with E-state index in [1.54, 1.807) is 0 Å². The summed E-state index contributed by atoms with van der Waals surface area (Å²) in [5.41, 5.74) is 0. The van der Waals surface area contributed by atoms with E-state index in [1.165, 1.54) is 0 Å². The first-order chi connectivity index (χ1) is 6.20. The number of rotatable bonds is 0. The SMILES string of the molecule is CC1CCN(C)C(=O)[C@@H]2C[CH-]CN12.[Li+]. The van der Waals surface area contributed by atoms with E-state index in [9.17, 15) is 4.79 Å². The Bertz CT molecular complexity index is 222. The van der Waals surface area contributed by atoms with Gasteiger partial charge in [0.2, 0.25) is 5.91 Å². The summed E-state index contributed by atoms with van der Waals surface area (Å²) in [6.07, 6.45) is 4.26. The fraction of sp³-hybridized carbons (Fsp3) is 0.800. The van der Waals surface area contributed by atoms with Gasteiger partial charge in [-0.15, -0.1) is 6.54 Å². The predicted octanol–water partition coefficient (Wildman–Crippen LogP) is -2.48. The molecule has 0 radical (unpaired) electrons. The standard InChI is InChI=1S/C10H17N2O.Li/c1-8-5-7-11(2)10(13)9-4-3-6-12(8)9;/h3,8-9H,4-7H2,1-2H3;/q-1;+1/t8?,9-;/m0./s1. The average molecular weight is 188 g/mol. The number of likely N-dealkylation sites (N-methyl/N-ethyl adjacent to an activating group) is 1. The third-order valence-corrected chi connectivity index (χ3v) is 3.24. The topological polar surface area (TPSA) is 23.6 Å². The van der Waals surface area contributed by atoms with Gasteiger partial charge in [0.1, 0.15) is 0 Å². The van der Waals surface area contributed by atoms with Gasteiger partial charge < -0.3 is 16.2 Å². The number of hydrogen-bond donors (Lipinski definition) is 0. The molecule has 4 heteroatoms. The van der Waals surface area contributed by atoms with Crippen molar-refractivity contribution in [2.45, 2.75) is 31.8 Å². The summed E-state index contributed by atoms with van der Waals surface area (Å²) in [7, 11) is 1.91. The van der Waals surface area contributed by atoms with Crippen LogP contribution in [0.3, 0.4) is 0 Å². The molecule has 2 heterocycles. The molecule has 74 valence electrons. The molecule has 0 aromatic rings. The number of carbonyl (C=O) groups is 1. The van der Waals surface area contributed by atoms with E-state index in [0.29, 0.717) is 11.9 Å². The monoisotopic (exact) mass is 188 g/mol. The second kappa shape index (κ2) is 4.70. The van der Waals surface area contributed by atoms with Crippen molar-refractivity contribution in [1.29, 1.82) is 0 Å². The molecule has 1 amide bonds. The van der Waals surface area contributed by atoms with Gasteiger partial charge in [0.25, 0.3) is 0 Å². The van der Waals surface area contributed by atoms with Crippen molar-refractivity contribution < 1.29 is 23.7 Å². The molecule has 3 nitrogen and oxygen atoms in total. The van der Waals surface area contributed by atoms with Gasteiger partial charge in [-0.25, -0.2) is 0 Å². The Morgan fingerprint density at radius 3 is 2.93 bits per heavy atom. The molecule has 2 aliphatic rings. The summed E-state index contributed by atoms with van der Waals surface area (Å²) in [5, 5.41) is 0. The molecule has 0 bridgehead atoms. The number of carbonyl (C=O) groups excluding carboxylic acids is 1. The van der Waals surface area contributed by atoms with Crippen molar-refractivity contribution in [2.24, 2.45) is 0 Å². The van der Waals surface area contributed by atoms with Gasteiger partial charge in [-0.05, 0) is 13.3 Å². The molecule has 0 aromatic heterocycles. The van der Waals surface area contributed by atoms with E-state index in [-0.39, 0.29) is 24.9 Å². The normalized spacial score (nSPS) is 33.6. The molecule has 1 unspecified atom stereocenters. The molecular weight excluding hydrogens is 171 g/mol. The number of nitrogens with zero attached hydrogens (tertiary/aromatic N) is 2. The van der Waals surface area contributed by atoms with Gasteiger partial charge in [-0.2, -0.15) is 6.42 Å². The van der Waals surface area contributed by atoms with E-state index >= 15 is 0 Å². The average Bonchev–Trinajstić information content (AvgIpc) is 2.57. The maximum atomic E-state index is 11.8. The number of amides is 1. The fourth-order valence-corrected chi connectivity index (χ4v) is 2.28. The van der Waals surface area contributed by atoms with Crippen molar-refractivity contribution in [2.75, 3.05) is 20.1 Å². The van der Waals surface area contributed by atoms with Gasteiger partial charge in [-0.3, -0.25) is 4.79 Å². The third-order valence-electron chi connectivity index (χ3n) is 3.24. The van der Waals surface area contributed by atoms with Gasteiger partial charge in [0, 0.05) is 19.6 Å². The van der Waals surface area contributed by atoms with Crippen LogP contribution >= 0.6 is 0 Å². The summed E-state index contributed by atoms with van der Waals surface area (Å²) < 4.78 is 0. The molecule has 14 heavy (non-hydrogen) atoms. The smallest absolute Gasteiger partial charge is 0.344 e. The number of hydrogen-bond acceptors (Lipinski definition) is 2. The van der Waals surface area contributed by atoms with Crippen LogP contribution in [0.5, 0.6) is 0 Å². The predicted molar refractivity (Wildman–Crippen MR) is 51.1 cm³/mol. The summed E-state index contributed by atoms with van der Waals surface area (Å²) in [6, 6.07) is 0.695. The zero-order chi connectivity index (χ0) is 9.42. The zero-order valence-corrected chi connectivity index (χ0v) is 9.36. The van der Waals surface area contributed by atoms with Crippen LogP contribution < -0.4 is 18.9 Å². The second-order valence-corrected chi connectivity index (χ2v) is 4.13. The first kappa shape index (κ1) is 12.1. The van der Waals surface area contributed by atoms with Crippen molar-refractivity contribution in [3.05, 3.63) is 6.42 Å². The molecule has 0 aliphatic carbocycles. The van der Waals surface area contributed by atoms with E-state index in [2.05, 4.69) is 18.2 Å². The van der Waals surface area contributed by atoms with Gasteiger partial charge in [-0.1, -0.05) is 0 Å². The third kappa shape index (κ3) is 2.00. The molecule has 0 saturated carbocycles. The molecule has 0 spiro atoms. The maximum absolute atomic E-state index is 11.8. The van der Waals surface area contributed by atoms with Crippen molar-refractivity contribution in [3.8, 4) is 0 Å². The minimum Gasteiger partial charge on any atom is -0.344 e. The molecule has 2 aliphatic heterocycles. The summed E-state index contributed by atoms with van der Waals surface area (Å²) in [6.45, 7) is 4.12. The number of fused-ring (bicyclic) bond motifs is 1. The molecule has 0 N–H and O–H groups in total. The van der Waals surface area contributed by atoms with Crippen LogP contribution in [0.25, 0.3) is 0 Å². The summed E-state index contributed by atoms with van der Waals surface area (Å²) in [4.78, 5) is 16.0. The Hall–Kier alpha value is 0.0274. The van der Waals surface area contributed by atoms with Gasteiger partial charge in [0.05, 0.1) is 6.04 Å². The van der Waals surface area contributed by atoms with Crippen LogP contribution in [-0.4, -0.2) is 47.9 Å². The first-order valence-corrected chi connectivity index (χ1v) is 5.02. The summed E-state index contributed by atoms with van der Waals surface area (Å²) in [5.74, 6) is 0.304. The van der Waals surface area contributed by atoms with Crippen LogP contribution in [0, 0.1) is 6.42 Å². The van der Waals surface area contributed by atoms with Crippen molar-refractivity contribution in [1.82, 2.24) is 9.80 Å². The first-order valence-electron chi connectivity index (χ1n) is 5.02. The second-order valence-electron chi connectivity index (χ2n) is 4.13. The van der Waals surface area contributed by atoms with E-state index in [0.717, 1.165) is 25.9 Å². The Balaban J connectivity index is 0.000000980. The molecular formula is C10H17LiN2O. The fourth-order valence-electron chi connectivity index (χ4n) is 2.28. The minimum absolute atomic E-state index is 0. The van der Waals surface area contributed by atoms with E-state index < -0.39 is 0 Å². The van der Waals surface area contributed by atoms with Crippen molar-refractivity contribution in [3.63, 3.8) is 0 Å². The Labute approximate surface area is 98.0 Å². The minimum atomic E-state index is 0. The molecule has 2 fully saturated rings. The molecule has 2 atom stereocenters. The summed E-state index contributed by atoms with van der Waals surface area (Å²) >= 11 is 0. The molecule has 2 rings (SSSR count). The van der Waals surface area contributed by atoms with Crippen LogP contribution in [0.4, 0.5) is 0 Å². The van der Waals surface area contributed by atoms with Crippen LogP contribution in [-0.2, 0) is 4.79 Å². The zero-order valence-electron chi connectivity index (χ0n) is 9.36. The maximum Gasteiger partial charge on any atom is 1.00 e. The van der Waals surface area contributed by atoms with Gasteiger partial charge >= 0.3 is 18.9 Å². The van der Waals surface area contributed by atoms with Crippen LogP contribution in [0.15, 0.2) is 0 Å². The van der Waals surface area contributed by atoms with Crippen LogP contribution in [0.1, 0.15) is 19.8 Å². The van der Waals surface area contributed by atoms with Crippen molar-refractivity contribution >= 4 is 5.91 Å². The van der Waals surface area contributed by atoms with Crippen LogP contribution in [0.2, 0.25) is 0 Å². The quantitative estimate of drug-likeness (QED) is 0.310. The largest absolute Gasteiger partial charge is 1.00 e. The van der Waals surface area contributed by atoms with E-state index in [1.807, 2.05) is 11.9 Å².